The predicted molar refractivity (Wildman–Crippen MR) is 110 cm³/mol. The Morgan fingerprint density at radius 2 is 2.21 bits per heavy atom. The Hall–Kier alpha value is -2.36. The zero-order chi connectivity index (χ0) is 19.3. The summed E-state index contributed by atoms with van der Waals surface area (Å²) in [7, 11) is 1.61. The quantitative estimate of drug-likeness (QED) is 0.310. The number of aromatic amines is 1. The molecular formula is C18H16ClN5O2S2. The Morgan fingerprint density at radius 3 is 3.04 bits per heavy atom. The van der Waals surface area contributed by atoms with E-state index in [0.717, 1.165) is 22.6 Å². The van der Waals surface area contributed by atoms with Gasteiger partial charge >= 0.3 is 0 Å². The van der Waals surface area contributed by atoms with E-state index in [2.05, 4.69) is 25.3 Å². The maximum atomic E-state index is 6.08. The van der Waals surface area contributed by atoms with Crippen LogP contribution in [0.25, 0.3) is 22.1 Å². The number of aromatic nitrogens is 5. The van der Waals surface area contributed by atoms with Crippen molar-refractivity contribution in [2.24, 2.45) is 0 Å². The normalized spacial score (nSPS) is 11.1. The molecule has 4 aromatic rings. The Kier molecular flexibility index (Phi) is 5.94. The van der Waals surface area contributed by atoms with Crippen molar-refractivity contribution >= 4 is 34.7 Å². The van der Waals surface area contributed by atoms with Crippen LogP contribution in [0, 0.1) is 0 Å². The summed E-state index contributed by atoms with van der Waals surface area (Å²) in [5.74, 6) is 3.44. The second kappa shape index (κ2) is 8.76. The lowest BCUT2D eigenvalue weighted by atomic mass is 10.2. The van der Waals surface area contributed by atoms with Crippen molar-refractivity contribution in [3.63, 3.8) is 0 Å². The fourth-order valence-corrected chi connectivity index (χ4v) is 4.10. The molecule has 0 saturated carbocycles. The summed E-state index contributed by atoms with van der Waals surface area (Å²) in [5, 5.41) is 14.5. The van der Waals surface area contributed by atoms with Gasteiger partial charge < -0.3 is 9.26 Å². The molecule has 0 aliphatic rings. The molecule has 3 heterocycles. The van der Waals surface area contributed by atoms with E-state index in [0.29, 0.717) is 39.9 Å². The van der Waals surface area contributed by atoms with E-state index in [1.807, 2.05) is 23.6 Å². The van der Waals surface area contributed by atoms with Gasteiger partial charge in [-0.25, -0.2) is 4.98 Å². The van der Waals surface area contributed by atoms with E-state index in [9.17, 15) is 0 Å². The number of ether oxygens (including phenoxy) is 1. The average molecular weight is 434 g/mol. The molecule has 7 nitrogen and oxygen atoms in total. The fraction of sp³-hybridized carbons (Fsp3) is 0.222. The predicted octanol–water partition coefficient (Wildman–Crippen LogP) is 4.97. The molecule has 0 saturated heterocycles. The van der Waals surface area contributed by atoms with Crippen LogP contribution >= 0.6 is 34.7 Å². The second-order valence-electron chi connectivity index (χ2n) is 5.75. The molecule has 3 aromatic heterocycles. The number of nitrogens with one attached hydrogen (secondary N) is 1. The van der Waals surface area contributed by atoms with Gasteiger partial charge in [0.2, 0.25) is 16.9 Å². The average Bonchev–Trinajstić information content (AvgIpc) is 3.46. The molecule has 1 N–H and O–H groups in total. The second-order valence-corrected chi connectivity index (χ2v) is 8.20. The molecule has 0 unspecified atom stereocenters. The number of halogens is 1. The third-order valence-corrected chi connectivity index (χ3v) is 5.89. The third kappa shape index (κ3) is 4.37. The Balaban J connectivity index is 1.31. The number of benzene rings is 1. The summed E-state index contributed by atoms with van der Waals surface area (Å²) in [5.41, 5.74) is 0.779. The van der Waals surface area contributed by atoms with Gasteiger partial charge in [0.05, 0.1) is 17.6 Å². The van der Waals surface area contributed by atoms with E-state index in [-0.39, 0.29) is 0 Å². The van der Waals surface area contributed by atoms with Crippen LogP contribution in [-0.2, 0) is 6.42 Å². The van der Waals surface area contributed by atoms with Crippen molar-refractivity contribution in [2.45, 2.75) is 18.0 Å². The first-order valence-electron chi connectivity index (χ1n) is 8.48. The molecule has 28 heavy (non-hydrogen) atoms. The van der Waals surface area contributed by atoms with Crippen LogP contribution in [-0.4, -0.2) is 38.2 Å². The van der Waals surface area contributed by atoms with Crippen molar-refractivity contribution in [1.82, 2.24) is 25.3 Å². The minimum absolute atomic E-state index is 0.614. The Bertz CT molecular complexity index is 1050. The minimum atomic E-state index is 0.614. The molecule has 0 spiro atoms. The lowest BCUT2D eigenvalue weighted by Gasteiger charge is -2.05. The number of thioether (sulfide) groups is 1. The van der Waals surface area contributed by atoms with E-state index < -0.39 is 0 Å². The molecule has 0 fully saturated rings. The largest absolute Gasteiger partial charge is 0.496 e. The first-order chi connectivity index (χ1) is 13.7. The number of methoxy groups -OCH3 is 1. The van der Waals surface area contributed by atoms with Gasteiger partial charge in [-0.15, -0.1) is 16.4 Å². The standard InChI is InChI=1S/C18H16ClN5O2S2/c1-25-13-7-6-11(19)10-12(13)16-21-18(23-22-16)28-9-3-5-15-20-17(24-26-15)14-4-2-8-27-14/h2,4,6-8,10H,3,5,9H2,1H3,(H,21,22,23). The number of H-pyrrole nitrogens is 1. The van der Waals surface area contributed by atoms with Gasteiger partial charge in [-0.2, -0.15) is 4.98 Å². The molecular weight excluding hydrogens is 418 g/mol. The maximum absolute atomic E-state index is 6.08. The molecule has 0 amide bonds. The van der Waals surface area contributed by atoms with E-state index in [1.165, 1.54) is 0 Å². The minimum Gasteiger partial charge on any atom is -0.496 e. The van der Waals surface area contributed by atoms with Crippen LogP contribution in [0.3, 0.4) is 0 Å². The monoisotopic (exact) mass is 433 g/mol. The van der Waals surface area contributed by atoms with E-state index >= 15 is 0 Å². The van der Waals surface area contributed by atoms with Crippen LogP contribution in [0.2, 0.25) is 5.02 Å². The van der Waals surface area contributed by atoms with Gasteiger partial charge in [-0.1, -0.05) is 34.6 Å². The van der Waals surface area contributed by atoms with Crippen molar-refractivity contribution < 1.29 is 9.26 Å². The highest BCUT2D eigenvalue weighted by Gasteiger charge is 2.13. The van der Waals surface area contributed by atoms with Crippen LogP contribution in [0.4, 0.5) is 0 Å². The summed E-state index contributed by atoms with van der Waals surface area (Å²) in [6, 6.07) is 9.33. The van der Waals surface area contributed by atoms with Gasteiger partial charge in [-0.3, -0.25) is 5.10 Å². The topological polar surface area (TPSA) is 89.7 Å². The van der Waals surface area contributed by atoms with Crippen LogP contribution in [0.15, 0.2) is 45.4 Å². The third-order valence-electron chi connectivity index (χ3n) is 3.86. The number of hydrogen-bond donors (Lipinski definition) is 1. The molecule has 0 radical (unpaired) electrons. The van der Waals surface area contributed by atoms with Crippen molar-refractivity contribution in [3.8, 4) is 27.8 Å². The van der Waals surface area contributed by atoms with Gasteiger partial charge in [0, 0.05) is 17.2 Å². The summed E-state index contributed by atoms with van der Waals surface area (Å²) >= 11 is 9.24. The first-order valence-corrected chi connectivity index (χ1v) is 10.7. The van der Waals surface area contributed by atoms with E-state index in [1.54, 1.807) is 42.3 Å². The highest BCUT2D eigenvalue weighted by atomic mass is 35.5. The van der Waals surface area contributed by atoms with Crippen LogP contribution < -0.4 is 4.74 Å². The highest BCUT2D eigenvalue weighted by molar-refractivity contribution is 7.99. The van der Waals surface area contributed by atoms with Crippen molar-refractivity contribution in [2.75, 3.05) is 12.9 Å². The zero-order valence-corrected chi connectivity index (χ0v) is 17.3. The summed E-state index contributed by atoms with van der Waals surface area (Å²) in [6.07, 6.45) is 1.59. The number of rotatable bonds is 8. The lowest BCUT2D eigenvalue weighted by Crippen LogP contribution is -1.90. The lowest BCUT2D eigenvalue weighted by molar-refractivity contribution is 0.378. The molecule has 144 valence electrons. The molecule has 1 aromatic carbocycles. The first kappa shape index (κ1) is 19.0. The number of hydrogen-bond acceptors (Lipinski definition) is 8. The fourth-order valence-electron chi connectivity index (χ4n) is 2.55. The van der Waals surface area contributed by atoms with Crippen LogP contribution in [0.5, 0.6) is 5.75 Å². The number of thiophene rings is 1. The molecule has 0 aliphatic carbocycles. The summed E-state index contributed by atoms with van der Waals surface area (Å²) < 4.78 is 10.7. The van der Waals surface area contributed by atoms with Gasteiger partial charge in [-0.05, 0) is 36.1 Å². The summed E-state index contributed by atoms with van der Waals surface area (Å²) in [6.45, 7) is 0. The SMILES string of the molecule is COc1ccc(Cl)cc1-c1nc(SCCCc2nc(-c3cccs3)no2)n[nH]1. The highest BCUT2D eigenvalue weighted by Crippen LogP contribution is 2.31. The Morgan fingerprint density at radius 1 is 1.29 bits per heavy atom. The Labute approximate surface area is 174 Å². The van der Waals surface area contributed by atoms with Crippen LogP contribution in [0.1, 0.15) is 12.3 Å². The van der Waals surface area contributed by atoms with Gasteiger partial charge in [0.15, 0.2) is 5.82 Å². The smallest absolute Gasteiger partial charge is 0.227 e. The zero-order valence-electron chi connectivity index (χ0n) is 14.9. The number of aryl methyl sites for hydroxylation is 1. The molecule has 0 atom stereocenters. The molecule has 0 bridgehead atoms. The van der Waals surface area contributed by atoms with Crippen molar-refractivity contribution in [1.29, 1.82) is 0 Å². The molecule has 0 aliphatic heterocycles. The molecule has 10 heteroatoms. The molecule has 4 rings (SSSR count). The van der Waals surface area contributed by atoms with Crippen molar-refractivity contribution in [3.05, 3.63) is 46.6 Å². The summed E-state index contributed by atoms with van der Waals surface area (Å²) in [4.78, 5) is 9.96. The van der Waals surface area contributed by atoms with E-state index in [4.69, 9.17) is 20.9 Å². The maximum Gasteiger partial charge on any atom is 0.227 e. The van der Waals surface area contributed by atoms with Gasteiger partial charge in [0.25, 0.3) is 0 Å². The van der Waals surface area contributed by atoms with Gasteiger partial charge in [0.1, 0.15) is 5.75 Å². The number of nitrogens with zero attached hydrogens (tertiary/aromatic N) is 4.